The average Bonchev–Trinajstić information content (AvgIpc) is 3.87. The van der Waals surface area contributed by atoms with Gasteiger partial charge in [0.05, 0.1) is 28.7 Å². The molecule has 0 aromatic heterocycles. The molecule has 310 valence electrons. The molecule has 4 heteroatoms. The zero-order valence-corrected chi connectivity index (χ0v) is 36.2. The van der Waals surface area contributed by atoms with Gasteiger partial charge in [-0.05, 0) is 174 Å². The molecule has 11 aromatic rings. The standard InChI is InChI=1S/C63H38N4/c64-39-41-19-26-48(27-20-41)66(46-12-3-1-4-13-46)50-30-34-53-44(37-50)23-32-55-56-33-24-45-38-51(67(47-14-5-2-6-15-47)49-28-21-42(40-65)22-29-49)31-35-54(45)62(56)63(61(53)55)58-18-10-9-17-57(58)60-52-16-8-7-11-43(52)25-36-59(60)63/h1-38H. The predicted molar refractivity (Wildman–Crippen MR) is 274 cm³/mol. The van der Waals surface area contributed by atoms with Crippen molar-refractivity contribution in [3.63, 3.8) is 0 Å². The second kappa shape index (κ2) is 14.9. The molecule has 0 radical (unpaired) electrons. The van der Waals surface area contributed by atoms with E-state index in [9.17, 15) is 10.5 Å². The molecular weight excluding hydrogens is 813 g/mol. The van der Waals surface area contributed by atoms with Crippen molar-refractivity contribution in [2.24, 2.45) is 0 Å². The second-order valence-electron chi connectivity index (χ2n) is 17.5. The SMILES string of the molecule is N#Cc1ccc(N(c2ccccc2)c2ccc3c4c(ccc3c2)-c2ccc3cc(N(c5ccccc5)c5ccc(C#N)cc5)ccc3c2C42c3ccccc3-c3c2ccc2ccccc32)cc1. The number of nitrogens with zero attached hydrogens (tertiary/aromatic N) is 4. The van der Waals surface area contributed by atoms with Crippen LogP contribution in [0.4, 0.5) is 34.1 Å². The first-order valence-corrected chi connectivity index (χ1v) is 22.6. The number of hydrogen-bond donors (Lipinski definition) is 0. The van der Waals surface area contributed by atoms with Gasteiger partial charge >= 0.3 is 0 Å². The summed E-state index contributed by atoms with van der Waals surface area (Å²) >= 11 is 0. The molecule has 4 nitrogen and oxygen atoms in total. The number of anilines is 6. The molecule has 1 spiro atoms. The molecule has 2 aliphatic rings. The highest BCUT2D eigenvalue weighted by molar-refractivity contribution is 6.13. The van der Waals surface area contributed by atoms with E-state index in [0.29, 0.717) is 11.1 Å². The van der Waals surface area contributed by atoms with E-state index >= 15 is 0 Å². The zero-order valence-electron chi connectivity index (χ0n) is 36.2. The van der Waals surface area contributed by atoms with Crippen LogP contribution in [0.15, 0.2) is 231 Å². The van der Waals surface area contributed by atoms with Crippen LogP contribution < -0.4 is 9.80 Å². The van der Waals surface area contributed by atoms with Gasteiger partial charge in [0, 0.05) is 34.1 Å². The van der Waals surface area contributed by atoms with E-state index in [4.69, 9.17) is 0 Å². The van der Waals surface area contributed by atoms with Crippen LogP contribution in [-0.2, 0) is 5.41 Å². The Balaban J connectivity index is 1.08. The lowest BCUT2D eigenvalue weighted by Crippen LogP contribution is -2.26. The van der Waals surface area contributed by atoms with Crippen molar-refractivity contribution in [2.45, 2.75) is 5.41 Å². The molecule has 0 aliphatic heterocycles. The molecule has 0 unspecified atom stereocenters. The molecule has 0 fully saturated rings. The van der Waals surface area contributed by atoms with E-state index in [1.54, 1.807) is 0 Å². The normalized spacial score (nSPS) is 12.6. The van der Waals surface area contributed by atoms with Gasteiger partial charge in [0.15, 0.2) is 0 Å². The topological polar surface area (TPSA) is 54.1 Å². The highest BCUT2D eigenvalue weighted by Gasteiger charge is 2.53. The maximum absolute atomic E-state index is 9.64. The summed E-state index contributed by atoms with van der Waals surface area (Å²) in [6.45, 7) is 0. The Hall–Kier alpha value is -9.22. The van der Waals surface area contributed by atoms with E-state index in [0.717, 1.165) is 44.9 Å². The second-order valence-corrected chi connectivity index (χ2v) is 17.5. The predicted octanol–water partition coefficient (Wildman–Crippen LogP) is 16.2. The lowest BCUT2D eigenvalue weighted by atomic mass is 9.68. The van der Waals surface area contributed by atoms with Gasteiger partial charge in [0.1, 0.15) is 0 Å². The van der Waals surface area contributed by atoms with Gasteiger partial charge in [0.25, 0.3) is 0 Å². The highest BCUT2D eigenvalue weighted by atomic mass is 15.1. The van der Waals surface area contributed by atoms with Crippen LogP contribution in [0.5, 0.6) is 0 Å². The maximum Gasteiger partial charge on any atom is 0.0991 e. The van der Waals surface area contributed by atoms with Crippen LogP contribution in [0.3, 0.4) is 0 Å². The van der Waals surface area contributed by atoms with Gasteiger partial charge in [-0.2, -0.15) is 10.5 Å². The van der Waals surface area contributed by atoms with E-state index in [1.165, 1.54) is 66.1 Å². The van der Waals surface area contributed by atoms with Crippen molar-refractivity contribution >= 4 is 66.4 Å². The number of hydrogen-bond acceptors (Lipinski definition) is 4. The lowest BCUT2D eigenvalue weighted by molar-refractivity contribution is 0.810. The first kappa shape index (κ1) is 38.3. The Morgan fingerprint density at radius 3 is 1.30 bits per heavy atom. The molecule has 2 aliphatic carbocycles. The third kappa shape index (κ3) is 5.64. The Kier molecular flexibility index (Phi) is 8.52. The summed E-state index contributed by atoms with van der Waals surface area (Å²) < 4.78 is 0. The van der Waals surface area contributed by atoms with Crippen molar-refractivity contribution in [1.82, 2.24) is 0 Å². The molecule has 0 saturated heterocycles. The van der Waals surface area contributed by atoms with Crippen molar-refractivity contribution in [3.8, 4) is 34.4 Å². The van der Waals surface area contributed by atoms with Crippen LogP contribution in [0.25, 0.3) is 54.6 Å². The van der Waals surface area contributed by atoms with Crippen LogP contribution >= 0.6 is 0 Å². The summed E-state index contributed by atoms with van der Waals surface area (Å²) in [5.74, 6) is 0. The number of para-hydroxylation sites is 2. The van der Waals surface area contributed by atoms with Crippen LogP contribution in [-0.4, -0.2) is 0 Å². The molecule has 0 bridgehead atoms. The summed E-state index contributed by atoms with van der Waals surface area (Å²) in [5, 5.41) is 26.5. The summed E-state index contributed by atoms with van der Waals surface area (Å²) in [6.07, 6.45) is 0. The Labute approximate surface area is 388 Å². The van der Waals surface area contributed by atoms with Gasteiger partial charge in [0.2, 0.25) is 0 Å². The number of fused-ring (bicyclic) bond motifs is 16. The third-order valence-corrected chi connectivity index (χ3v) is 14.0. The van der Waals surface area contributed by atoms with Gasteiger partial charge in [-0.15, -0.1) is 0 Å². The lowest BCUT2D eigenvalue weighted by Gasteiger charge is -2.33. The summed E-state index contributed by atoms with van der Waals surface area (Å²) in [4.78, 5) is 4.54. The van der Waals surface area contributed by atoms with E-state index in [-0.39, 0.29) is 0 Å². The van der Waals surface area contributed by atoms with Crippen LogP contribution in [0.2, 0.25) is 0 Å². The van der Waals surface area contributed by atoms with Gasteiger partial charge < -0.3 is 9.80 Å². The Morgan fingerprint density at radius 1 is 0.313 bits per heavy atom. The quantitative estimate of drug-likeness (QED) is 0.167. The molecule has 11 aromatic carbocycles. The molecule has 13 rings (SSSR count). The van der Waals surface area contributed by atoms with Crippen LogP contribution in [0, 0.1) is 22.7 Å². The van der Waals surface area contributed by atoms with E-state index < -0.39 is 5.41 Å². The first-order chi connectivity index (χ1) is 33.1. The number of benzene rings is 11. The van der Waals surface area contributed by atoms with Crippen LogP contribution in [0.1, 0.15) is 33.4 Å². The maximum atomic E-state index is 9.64. The van der Waals surface area contributed by atoms with E-state index in [2.05, 4.69) is 192 Å². The van der Waals surface area contributed by atoms with Crippen molar-refractivity contribution < 1.29 is 0 Å². The number of rotatable bonds is 6. The van der Waals surface area contributed by atoms with Crippen molar-refractivity contribution in [3.05, 3.63) is 264 Å². The van der Waals surface area contributed by atoms with Crippen molar-refractivity contribution in [2.75, 3.05) is 9.80 Å². The summed E-state index contributed by atoms with van der Waals surface area (Å²) in [6, 6.07) is 86.9. The minimum Gasteiger partial charge on any atom is -0.310 e. The first-order valence-electron chi connectivity index (χ1n) is 22.6. The molecule has 0 atom stereocenters. The molecule has 0 heterocycles. The van der Waals surface area contributed by atoms with Gasteiger partial charge in [-0.1, -0.05) is 133 Å². The monoisotopic (exact) mass is 850 g/mol. The third-order valence-electron chi connectivity index (χ3n) is 14.0. The molecule has 67 heavy (non-hydrogen) atoms. The Bertz CT molecular complexity index is 3690. The summed E-state index contributed by atoms with van der Waals surface area (Å²) in [5.41, 5.74) is 17.0. The van der Waals surface area contributed by atoms with E-state index in [1.807, 2.05) is 60.7 Å². The Morgan fingerprint density at radius 2 is 0.761 bits per heavy atom. The summed E-state index contributed by atoms with van der Waals surface area (Å²) in [7, 11) is 0. The number of nitriles is 2. The van der Waals surface area contributed by atoms with Gasteiger partial charge in [-0.25, -0.2) is 0 Å². The fourth-order valence-electron chi connectivity index (χ4n) is 11.3. The molecule has 0 amide bonds. The zero-order chi connectivity index (χ0) is 44.6. The molecule has 0 saturated carbocycles. The smallest absolute Gasteiger partial charge is 0.0991 e. The minimum atomic E-state index is -0.638. The van der Waals surface area contributed by atoms with Gasteiger partial charge in [-0.3, -0.25) is 0 Å². The average molecular weight is 851 g/mol. The minimum absolute atomic E-state index is 0.629. The highest BCUT2D eigenvalue weighted by Crippen LogP contribution is 2.66. The fraction of sp³-hybridized carbons (Fsp3) is 0.0159. The largest absolute Gasteiger partial charge is 0.310 e. The molecule has 0 N–H and O–H groups in total. The van der Waals surface area contributed by atoms with Crippen molar-refractivity contribution in [1.29, 1.82) is 10.5 Å². The molecular formula is C63H38N4. The fourth-order valence-corrected chi connectivity index (χ4v) is 11.3.